The topological polar surface area (TPSA) is 112 Å². The molecule has 11 heteroatoms. The molecule has 3 rings (SSSR count). The summed E-state index contributed by atoms with van der Waals surface area (Å²) in [6, 6.07) is 9.30. The maximum atomic E-state index is 13.7. The first-order valence-electron chi connectivity index (χ1n) is 12.1. The Kier molecular flexibility index (Phi) is 9.02. The molecule has 8 nitrogen and oxygen atoms in total. The molecule has 39 heavy (non-hydrogen) atoms. The van der Waals surface area contributed by atoms with Crippen molar-refractivity contribution < 1.29 is 27.1 Å². The van der Waals surface area contributed by atoms with Gasteiger partial charge in [-0.25, -0.2) is 17.6 Å². The van der Waals surface area contributed by atoms with Gasteiger partial charge in [0.1, 0.15) is 11.4 Å². The number of aryl methyl sites for hydroxylation is 1. The summed E-state index contributed by atoms with van der Waals surface area (Å²) in [5.41, 5.74) is 0.620. The minimum absolute atomic E-state index is 0.0477. The van der Waals surface area contributed by atoms with Gasteiger partial charge in [-0.15, -0.1) is 0 Å². The Morgan fingerprint density at radius 2 is 1.72 bits per heavy atom. The molecule has 0 spiro atoms. The number of carbonyl (C=O) groups is 2. The Morgan fingerprint density at radius 1 is 1.05 bits per heavy atom. The summed E-state index contributed by atoms with van der Waals surface area (Å²) in [6.45, 7) is 6.57. The quantitative estimate of drug-likeness (QED) is 0.376. The number of nitrogens with zero attached hydrogens (tertiary/aromatic N) is 1. The van der Waals surface area contributed by atoms with E-state index in [1.54, 1.807) is 26.8 Å². The highest BCUT2D eigenvalue weighted by atomic mass is 35.5. The van der Waals surface area contributed by atoms with Crippen molar-refractivity contribution in [1.82, 2.24) is 9.88 Å². The Morgan fingerprint density at radius 3 is 2.33 bits per heavy atom. The highest BCUT2D eigenvalue weighted by Crippen LogP contribution is 2.32. The maximum absolute atomic E-state index is 13.7. The first-order valence-corrected chi connectivity index (χ1v) is 14.3. The lowest BCUT2D eigenvalue weighted by molar-refractivity contribution is 0.0523. The van der Waals surface area contributed by atoms with E-state index in [2.05, 4.69) is 5.32 Å². The van der Waals surface area contributed by atoms with Crippen LogP contribution < -0.4 is 10.9 Å². The summed E-state index contributed by atoms with van der Waals surface area (Å²) in [5.74, 6) is -1.47. The van der Waals surface area contributed by atoms with Crippen LogP contribution in [0.25, 0.3) is 11.1 Å². The number of hydrogen-bond acceptors (Lipinski definition) is 6. The third kappa shape index (κ3) is 7.77. The number of benzene rings is 2. The Labute approximate surface area is 231 Å². The van der Waals surface area contributed by atoms with Crippen molar-refractivity contribution in [2.75, 3.05) is 5.75 Å². The van der Waals surface area contributed by atoms with Crippen LogP contribution in [0.15, 0.2) is 53.5 Å². The van der Waals surface area contributed by atoms with Crippen molar-refractivity contribution in [2.45, 2.75) is 45.6 Å². The molecule has 2 aromatic carbocycles. The maximum Gasteiger partial charge on any atom is 0.407 e. The fraction of sp³-hybridized carbons (Fsp3) is 0.321. The van der Waals surface area contributed by atoms with Crippen LogP contribution in [0.5, 0.6) is 0 Å². The third-order valence-electron chi connectivity index (χ3n) is 5.76. The van der Waals surface area contributed by atoms with E-state index in [4.69, 9.17) is 16.3 Å². The van der Waals surface area contributed by atoms with Gasteiger partial charge in [-0.3, -0.25) is 9.59 Å². The fourth-order valence-electron chi connectivity index (χ4n) is 3.82. The lowest BCUT2D eigenvalue weighted by Crippen LogP contribution is -2.32. The number of hydrogen-bond donors (Lipinski definition) is 1. The number of rotatable bonds is 8. The van der Waals surface area contributed by atoms with Gasteiger partial charge in [-0.1, -0.05) is 30.7 Å². The largest absolute Gasteiger partial charge is 0.444 e. The van der Waals surface area contributed by atoms with E-state index in [-0.39, 0.29) is 39.8 Å². The number of nitrogens with one attached hydrogen (secondary N) is 1. The number of ketones is 1. The SMILES string of the molecule is CCS(=O)(=O)Cc1ccc(C(=O)c2ccc(F)cc2Cl)c(-c2cn(C)c(=O)cc2CNC(=O)OC(C)(C)C)c1. The summed E-state index contributed by atoms with van der Waals surface area (Å²) >= 11 is 6.18. The second-order valence-electron chi connectivity index (χ2n) is 10.0. The van der Waals surface area contributed by atoms with Crippen LogP contribution in [-0.2, 0) is 33.9 Å². The average Bonchev–Trinajstić information content (AvgIpc) is 2.83. The molecular formula is C28H30ClFN2O6S. The minimum atomic E-state index is -3.41. The van der Waals surface area contributed by atoms with E-state index in [0.717, 1.165) is 12.1 Å². The third-order valence-corrected chi connectivity index (χ3v) is 7.72. The van der Waals surface area contributed by atoms with Crippen LogP contribution in [0.2, 0.25) is 5.02 Å². The molecule has 0 atom stereocenters. The number of sulfone groups is 1. The number of pyridine rings is 1. The molecule has 1 aromatic heterocycles. The molecular weight excluding hydrogens is 547 g/mol. The molecule has 0 saturated carbocycles. The highest BCUT2D eigenvalue weighted by Gasteiger charge is 2.23. The van der Waals surface area contributed by atoms with Crippen LogP contribution in [-0.4, -0.2) is 36.2 Å². The molecule has 1 amide bonds. The van der Waals surface area contributed by atoms with E-state index >= 15 is 0 Å². The summed E-state index contributed by atoms with van der Waals surface area (Å²) in [7, 11) is -1.88. The van der Waals surface area contributed by atoms with Crippen LogP contribution in [0.1, 0.15) is 54.7 Å². The van der Waals surface area contributed by atoms with E-state index in [0.29, 0.717) is 22.3 Å². The highest BCUT2D eigenvalue weighted by molar-refractivity contribution is 7.90. The number of halogens is 2. The summed E-state index contributed by atoms with van der Waals surface area (Å²) in [6.07, 6.45) is 0.802. The molecule has 0 radical (unpaired) electrons. The van der Waals surface area contributed by atoms with Crippen molar-refractivity contribution in [3.8, 4) is 11.1 Å². The van der Waals surface area contributed by atoms with Gasteiger partial charge in [0.25, 0.3) is 5.56 Å². The molecule has 1 heterocycles. The number of carbonyl (C=O) groups excluding carboxylic acids is 2. The van der Waals surface area contributed by atoms with Gasteiger partial charge in [0.15, 0.2) is 15.6 Å². The van der Waals surface area contributed by atoms with Crippen molar-refractivity contribution in [2.24, 2.45) is 7.05 Å². The van der Waals surface area contributed by atoms with Gasteiger partial charge >= 0.3 is 6.09 Å². The van der Waals surface area contributed by atoms with Gasteiger partial charge < -0.3 is 14.6 Å². The van der Waals surface area contributed by atoms with E-state index in [9.17, 15) is 27.2 Å². The Hall–Kier alpha value is -3.50. The summed E-state index contributed by atoms with van der Waals surface area (Å²) in [5, 5.41) is 2.53. The van der Waals surface area contributed by atoms with Crippen molar-refractivity contribution in [3.63, 3.8) is 0 Å². The molecule has 0 unspecified atom stereocenters. The lowest BCUT2D eigenvalue weighted by atomic mass is 9.91. The summed E-state index contributed by atoms with van der Waals surface area (Å²) < 4.78 is 45.0. The van der Waals surface area contributed by atoms with Crippen molar-refractivity contribution >= 4 is 33.3 Å². The minimum Gasteiger partial charge on any atom is -0.444 e. The van der Waals surface area contributed by atoms with Crippen molar-refractivity contribution in [1.29, 1.82) is 0 Å². The Balaban J connectivity index is 2.20. The molecule has 0 aliphatic heterocycles. The first kappa shape index (κ1) is 30.0. The summed E-state index contributed by atoms with van der Waals surface area (Å²) in [4.78, 5) is 38.5. The van der Waals surface area contributed by atoms with Gasteiger partial charge in [0, 0.05) is 48.3 Å². The van der Waals surface area contributed by atoms with Gasteiger partial charge in [-0.2, -0.15) is 0 Å². The molecule has 3 aromatic rings. The number of ether oxygens (including phenoxy) is 1. The van der Waals surface area contributed by atoms with E-state index < -0.39 is 33.1 Å². The van der Waals surface area contributed by atoms with Crippen LogP contribution in [0.3, 0.4) is 0 Å². The standard InChI is InChI=1S/C28H30ClFN2O6S/c1-6-39(36,37)16-17-7-9-20(26(34)21-10-8-19(30)13-24(21)29)22(11-17)23-15-32(5)25(33)12-18(23)14-31-27(35)38-28(2,3)4/h7-13,15H,6,14,16H2,1-5H3,(H,31,35). The normalized spacial score (nSPS) is 11.8. The molecule has 0 fully saturated rings. The van der Waals surface area contributed by atoms with E-state index in [1.807, 2.05) is 0 Å². The molecule has 0 aliphatic rings. The average molecular weight is 577 g/mol. The van der Waals surface area contributed by atoms with Crippen molar-refractivity contribution in [3.05, 3.63) is 92.1 Å². The zero-order valence-corrected chi connectivity index (χ0v) is 23.9. The zero-order chi connectivity index (χ0) is 29.1. The predicted octanol–water partition coefficient (Wildman–Crippen LogP) is 5.04. The fourth-order valence-corrected chi connectivity index (χ4v) is 4.96. The lowest BCUT2D eigenvalue weighted by Gasteiger charge is -2.20. The van der Waals surface area contributed by atoms with Crippen LogP contribution in [0, 0.1) is 5.82 Å². The zero-order valence-electron chi connectivity index (χ0n) is 22.3. The predicted molar refractivity (Wildman–Crippen MR) is 148 cm³/mol. The second kappa shape index (κ2) is 11.7. The first-order chi connectivity index (χ1) is 18.1. The molecule has 0 saturated heterocycles. The smallest absolute Gasteiger partial charge is 0.407 e. The Bertz CT molecular complexity index is 1590. The molecule has 208 valence electrons. The van der Waals surface area contributed by atoms with Crippen LogP contribution >= 0.6 is 11.6 Å². The molecule has 1 N–H and O–H groups in total. The van der Waals surface area contributed by atoms with Crippen LogP contribution in [0.4, 0.5) is 9.18 Å². The van der Waals surface area contributed by atoms with Gasteiger partial charge in [-0.05, 0) is 61.7 Å². The molecule has 0 aliphatic carbocycles. The molecule has 0 bridgehead atoms. The number of alkyl carbamates (subject to hydrolysis) is 1. The van der Waals surface area contributed by atoms with E-state index in [1.165, 1.54) is 49.0 Å². The number of aromatic nitrogens is 1. The monoisotopic (exact) mass is 576 g/mol. The van der Waals surface area contributed by atoms with Gasteiger partial charge in [0.05, 0.1) is 10.8 Å². The number of amides is 1. The van der Waals surface area contributed by atoms with Gasteiger partial charge in [0.2, 0.25) is 0 Å². The second-order valence-corrected chi connectivity index (χ2v) is 12.8.